The third-order valence-corrected chi connectivity index (χ3v) is 3.41. The molecule has 0 atom stereocenters. The second kappa shape index (κ2) is 7.66. The largest absolute Gasteiger partial charge is 0.370 e. The highest BCUT2D eigenvalue weighted by atomic mass is 35.5. The van der Waals surface area contributed by atoms with Gasteiger partial charge in [0.2, 0.25) is 5.91 Å². The summed E-state index contributed by atoms with van der Waals surface area (Å²) in [4.78, 5) is 14.6. The third-order valence-electron chi connectivity index (χ3n) is 2.20. The number of thiophene rings is 1. The summed E-state index contributed by atoms with van der Waals surface area (Å²) in [6.45, 7) is 4.10. The van der Waals surface area contributed by atoms with Crippen LogP contribution in [0.5, 0.6) is 0 Å². The van der Waals surface area contributed by atoms with Gasteiger partial charge in [0.15, 0.2) is 0 Å². The summed E-state index contributed by atoms with van der Waals surface area (Å²) >= 11 is 7.33. The van der Waals surface area contributed by atoms with Gasteiger partial charge in [-0.2, -0.15) is 0 Å². The van der Waals surface area contributed by atoms with E-state index in [1.807, 2.05) is 19.1 Å². The molecule has 1 aromatic rings. The first-order valence-corrected chi connectivity index (χ1v) is 6.66. The second-order valence-corrected chi connectivity index (χ2v) is 5.25. The lowest BCUT2D eigenvalue weighted by Gasteiger charge is -2.19. The van der Waals surface area contributed by atoms with E-state index in [0.29, 0.717) is 26.2 Å². The number of ether oxygens (including phenoxy) is 1. The van der Waals surface area contributed by atoms with Gasteiger partial charge in [0, 0.05) is 18.0 Å². The zero-order chi connectivity index (χ0) is 12.7. The molecule has 0 bridgehead atoms. The molecule has 6 heteroatoms. The number of carbonyl (C=O) groups is 1. The van der Waals surface area contributed by atoms with E-state index in [-0.39, 0.29) is 12.5 Å². The van der Waals surface area contributed by atoms with Gasteiger partial charge in [0.05, 0.1) is 17.5 Å². The highest BCUT2D eigenvalue weighted by Gasteiger charge is 2.13. The van der Waals surface area contributed by atoms with Crippen LogP contribution in [0.4, 0.5) is 0 Å². The smallest absolute Gasteiger partial charge is 0.248 e. The Morgan fingerprint density at radius 1 is 1.59 bits per heavy atom. The van der Waals surface area contributed by atoms with Gasteiger partial charge in [-0.05, 0) is 19.1 Å². The zero-order valence-corrected chi connectivity index (χ0v) is 11.4. The minimum Gasteiger partial charge on any atom is -0.370 e. The van der Waals surface area contributed by atoms with Crippen LogP contribution in [0.15, 0.2) is 12.1 Å². The lowest BCUT2D eigenvalue weighted by molar-refractivity contribution is -0.136. The molecule has 0 unspecified atom stereocenters. The Kier molecular flexibility index (Phi) is 6.50. The van der Waals surface area contributed by atoms with Crippen LogP contribution in [0, 0.1) is 0 Å². The number of halogens is 1. The van der Waals surface area contributed by atoms with Gasteiger partial charge in [-0.25, -0.2) is 0 Å². The van der Waals surface area contributed by atoms with Crippen molar-refractivity contribution in [3.05, 3.63) is 21.3 Å². The van der Waals surface area contributed by atoms with E-state index in [4.69, 9.17) is 22.1 Å². The topological polar surface area (TPSA) is 55.6 Å². The lowest BCUT2D eigenvalue weighted by Crippen LogP contribution is -2.33. The van der Waals surface area contributed by atoms with E-state index in [1.54, 1.807) is 4.90 Å². The van der Waals surface area contributed by atoms with Crippen LogP contribution in [0.1, 0.15) is 11.8 Å². The van der Waals surface area contributed by atoms with Gasteiger partial charge < -0.3 is 15.4 Å². The van der Waals surface area contributed by atoms with Crippen LogP contribution in [0.3, 0.4) is 0 Å². The monoisotopic (exact) mass is 276 g/mol. The normalized spacial score (nSPS) is 10.5. The molecule has 0 aliphatic carbocycles. The molecule has 1 heterocycles. The molecule has 0 aliphatic rings. The molecule has 0 saturated carbocycles. The minimum absolute atomic E-state index is 0.0227. The zero-order valence-electron chi connectivity index (χ0n) is 9.82. The van der Waals surface area contributed by atoms with E-state index in [0.717, 1.165) is 9.21 Å². The van der Waals surface area contributed by atoms with Gasteiger partial charge >= 0.3 is 0 Å². The number of nitrogens with two attached hydrogens (primary N) is 1. The SMILES string of the molecule is CCN(Cc1ccc(Cl)s1)C(=O)COCCN. The molecule has 4 nitrogen and oxygen atoms in total. The molecule has 2 N–H and O–H groups in total. The Morgan fingerprint density at radius 3 is 2.88 bits per heavy atom. The maximum atomic E-state index is 11.8. The number of likely N-dealkylation sites (N-methyl/N-ethyl adjacent to an activating group) is 1. The number of carbonyl (C=O) groups excluding carboxylic acids is 1. The molecular weight excluding hydrogens is 260 g/mol. The fraction of sp³-hybridized carbons (Fsp3) is 0.545. The van der Waals surface area contributed by atoms with Crippen molar-refractivity contribution in [2.24, 2.45) is 5.73 Å². The van der Waals surface area contributed by atoms with Crippen molar-refractivity contribution in [1.82, 2.24) is 4.90 Å². The number of rotatable bonds is 7. The maximum Gasteiger partial charge on any atom is 0.248 e. The number of hydrogen-bond acceptors (Lipinski definition) is 4. The molecule has 96 valence electrons. The Morgan fingerprint density at radius 2 is 2.35 bits per heavy atom. The molecule has 1 rings (SSSR count). The van der Waals surface area contributed by atoms with Crippen LogP contribution < -0.4 is 5.73 Å². The Hall–Kier alpha value is -0.620. The Bertz CT molecular complexity index is 357. The highest BCUT2D eigenvalue weighted by molar-refractivity contribution is 7.16. The quantitative estimate of drug-likeness (QED) is 0.772. The molecule has 17 heavy (non-hydrogen) atoms. The van der Waals surface area contributed by atoms with Gasteiger partial charge in [-0.15, -0.1) is 11.3 Å². The van der Waals surface area contributed by atoms with Gasteiger partial charge in [0.25, 0.3) is 0 Å². The third kappa shape index (κ3) is 5.04. The van der Waals surface area contributed by atoms with Crippen molar-refractivity contribution >= 4 is 28.8 Å². The summed E-state index contributed by atoms with van der Waals surface area (Å²) in [5.74, 6) is -0.0227. The summed E-state index contributed by atoms with van der Waals surface area (Å²) < 4.78 is 5.87. The molecule has 0 aromatic carbocycles. The van der Waals surface area contributed by atoms with Crippen molar-refractivity contribution in [2.75, 3.05) is 26.3 Å². The predicted octanol–water partition coefficient (Wildman–Crippen LogP) is 1.73. The Balaban J connectivity index is 2.44. The molecule has 0 aliphatic heterocycles. The number of nitrogens with zero attached hydrogens (tertiary/aromatic N) is 1. The van der Waals surface area contributed by atoms with Gasteiger partial charge in [-0.1, -0.05) is 11.6 Å². The molecule has 0 saturated heterocycles. The summed E-state index contributed by atoms with van der Waals surface area (Å²) in [5, 5.41) is 0. The van der Waals surface area contributed by atoms with Crippen molar-refractivity contribution in [3.8, 4) is 0 Å². The molecular formula is C11H17ClN2O2S. The van der Waals surface area contributed by atoms with Crippen molar-refractivity contribution < 1.29 is 9.53 Å². The van der Waals surface area contributed by atoms with E-state index in [9.17, 15) is 4.79 Å². The van der Waals surface area contributed by atoms with Crippen LogP contribution in [-0.4, -0.2) is 37.1 Å². The van der Waals surface area contributed by atoms with Crippen LogP contribution in [-0.2, 0) is 16.1 Å². The minimum atomic E-state index is -0.0227. The van der Waals surface area contributed by atoms with Gasteiger partial charge in [0.1, 0.15) is 6.61 Å². The van der Waals surface area contributed by atoms with E-state index in [2.05, 4.69) is 0 Å². The Labute approximate surface area is 110 Å². The molecule has 0 fully saturated rings. The summed E-state index contributed by atoms with van der Waals surface area (Å²) in [6, 6.07) is 3.77. The average Bonchev–Trinajstić information content (AvgIpc) is 2.72. The van der Waals surface area contributed by atoms with Gasteiger partial charge in [-0.3, -0.25) is 4.79 Å². The first kappa shape index (κ1) is 14.4. The second-order valence-electron chi connectivity index (χ2n) is 3.45. The number of hydrogen-bond donors (Lipinski definition) is 1. The molecule has 0 spiro atoms. The fourth-order valence-electron chi connectivity index (χ4n) is 1.34. The summed E-state index contributed by atoms with van der Waals surface area (Å²) in [7, 11) is 0. The maximum absolute atomic E-state index is 11.8. The lowest BCUT2D eigenvalue weighted by atomic mass is 10.4. The average molecular weight is 277 g/mol. The van der Waals surface area contributed by atoms with Crippen molar-refractivity contribution in [2.45, 2.75) is 13.5 Å². The summed E-state index contributed by atoms with van der Waals surface area (Å²) in [5.41, 5.74) is 5.29. The molecule has 1 amide bonds. The fourth-order valence-corrected chi connectivity index (χ4v) is 2.44. The van der Waals surface area contributed by atoms with Crippen LogP contribution >= 0.6 is 22.9 Å². The highest BCUT2D eigenvalue weighted by Crippen LogP contribution is 2.22. The van der Waals surface area contributed by atoms with Crippen molar-refractivity contribution in [3.63, 3.8) is 0 Å². The van der Waals surface area contributed by atoms with Crippen LogP contribution in [0.25, 0.3) is 0 Å². The predicted molar refractivity (Wildman–Crippen MR) is 70.3 cm³/mol. The molecule has 0 radical (unpaired) electrons. The van der Waals surface area contributed by atoms with E-state index in [1.165, 1.54) is 11.3 Å². The summed E-state index contributed by atoms with van der Waals surface area (Å²) in [6.07, 6.45) is 0. The van der Waals surface area contributed by atoms with E-state index >= 15 is 0 Å². The van der Waals surface area contributed by atoms with Crippen LogP contribution in [0.2, 0.25) is 4.34 Å². The standard InChI is InChI=1S/C11H17ClN2O2S/c1-2-14(11(15)8-16-6-5-13)7-9-3-4-10(12)17-9/h3-4H,2,5-8,13H2,1H3. The molecule has 1 aromatic heterocycles. The van der Waals surface area contributed by atoms with Crippen molar-refractivity contribution in [1.29, 1.82) is 0 Å². The number of amides is 1. The van der Waals surface area contributed by atoms with E-state index < -0.39 is 0 Å². The first-order valence-electron chi connectivity index (χ1n) is 5.47. The first-order chi connectivity index (χ1) is 8.17.